The lowest BCUT2D eigenvalue weighted by atomic mass is 9.98. The smallest absolute Gasteiger partial charge is 0.229 e. The fourth-order valence-corrected chi connectivity index (χ4v) is 3.36. The lowest BCUT2D eigenvalue weighted by molar-refractivity contribution is -0.122. The summed E-state index contributed by atoms with van der Waals surface area (Å²) in [5, 5.41) is 2.96. The zero-order valence-electron chi connectivity index (χ0n) is 15.7. The molecule has 1 saturated heterocycles. The Labute approximate surface area is 155 Å². The van der Waals surface area contributed by atoms with E-state index in [4.69, 9.17) is 0 Å². The van der Waals surface area contributed by atoms with Crippen LogP contribution in [-0.2, 0) is 9.59 Å². The Hall–Kier alpha value is -2.62. The number of aryl methyl sites for hydroxylation is 1. The number of nitrogens with one attached hydrogen (secondary N) is 1. The Balaban J connectivity index is 1.66. The second-order valence-corrected chi connectivity index (χ2v) is 7.11. The second-order valence-electron chi connectivity index (χ2n) is 7.11. The van der Waals surface area contributed by atoms with E-state index in [1.54, 1.807) is 4.90 Å². The molecule has 0 spiro atoms. The van der Waals surface area contributed by atoms with Crippen LogP contribution in [0.3, 0.4) is 0 Å². The standard InChI is InChI=1S/C22H26N2O2/c1-4-15(2)17-9-11-19(12-10-17)23-22(26)18-13-21(25)24(14-18)20-8-6-5-7-16(20)3/h5-12,15,18H,4,13-14H2,1-3H3,(H,23,26). The Kier molecular flexibility index (Phi) is 5.40. The predicted octanol–water partition coefficient (Wildman–Crippen LogP) is 4.50. The molecule has 2 aromatic carbocycles. The van der Waals surface area contributed by atoms with Crippen molar-refractivity contribution in [1.29, 1.82) is 0 Å². The molecule has 4 nitrogen and oxygen atoms in total. The highest BCUT2D eigenvalue weighted by Gasteiger charge is 2.35. The van der Waals surface area contributed by atoms with Gasteiger partial charge in [-0.15, -0.1) is 0 Å². The summed E-state index contributed by atoms with van der Waals surface area (Å²) in [7, 11) is 0. The van der Waals surface area contributed by atoms with Crippen molar-refractivity contribution in [2.45, 2.75) is 39.5 Å². The first-order valence-electron chi connectivity index (χ1n) is 9.26. The van der Waals surface area contributed by atoms with E-state index < -0.39 is 0 Å². The first kappa shape index (κ1) is 18.2. The molecule has 2 atom stereocenters. The minimum atomic E-state index is -0.323. The highest BCUT2D eigenvalue weighted by Crippen LogP contribution is 2.28. The summed E-state index contributed by atoms with van der Waals surface area (Å²) in [6.45, 7) is 6.77. The van der Waals surface area contributed by atoms with Crippen LogP contribution < -0.4 is 10.2 Å². The lowest BCUT2D eigenvalue weighted by Gasteiger charge is -2.19. The monoisotopic (exact) mass is 350 g/mol. The molecule has 136 valence electrons. The number of hydrogen-bond donors (Lipinski definition) is 1. The summed E-state index contributed by atoms with van der Waals surface area (Å²) in [4.78, 5) is 26.7. The molecule has 0 bridgehead atoms. The third-order valence-corrected chi connectivity index (χ3v) is 5.26. The lowest BCUT2D eigenvalue weighted by Crippen LogP contribution is -2.28. The molecule has 2 unspecified atom stereocenters. The maximum Gasteiger partial charge on any atom is 0.229 e. The van der Waals surface area contributed by atoms with Crippen LogP contribution in [0.5, 0.6) is 0 Å². The minimum absolute atomic E-state index is 0.00608. The summed E-state index contributed by atoms with van der Waals surface area (Å²) in [6.07, 6.45) is 1.34. The van der Waals surface area contributed by atoms with Crippen molar-refractivity contribution in [1.82, 2.24) is 0 Å². The normalized spacial score (nSPS) is 18.0. The summed E-state index contributed by atoms with van der Waals surface area (Å²) in [6, 6.07) is 15.8. The van der Waals surface area contributed by atoms with E-state index in [2.05, 4.69) is 31.3 Å². The third-order valence-electron chi connectivity index (χ3n) is 5.26. The van der Waals surface area contributed by atoms with Gasteiger partial charge in [-0.25, -0.2) is 0 Å². The molecule has 0 aliphatic carbocycles. The van der Waals surface area contributed by atoms with E-state index in [9.17, 15) is 9.59 Å². The van der Waals surface area contributed by atoms with Crippen molar-refractivity contribution in [3.05, 3.63) is 59.7 Å². The molecule has 1 fully saturated rings. The van der Waals surface area contributed by atoms with Gasteiger partial charge in [0.15, 0.2) is 0 Å². The topological polar surface area (TPSA) is 49.4 Å². The predicted molar refractivity (Wildman–Crippen MR) is 105 cm³/mol. The Bertz CT molecular complexity index is 798. The maximum atomic E-state index is 12.6. The number of benzene rings is 2. The highest BCUT2D eigenvalue weighted by atomic mass is 16.2. The van der Waals surface area contributed by atoms with Gasteiger partial charge < -0.3 is 10.2 Å². The number of carbonyl (C=O) groups excluding carboxylic acids is 2. The number of nitrogens with zero attached hydrogens (tertiary/aromatic N) is 1. The summed E-state index contributed by atoms with van der Waals surface area (Å²) in [5.41, 5.74) is 3.99. The Morgan fingerprint density at radius 1 is 1.19 bits per heavy atom. The van der Waals surface area contributed by atoms with E-state index in [-0.39, 0.29) is 24.2 Å². The van der Waals surface area contributed by atoms with Crippen LogP contribution in [0.4, 0.5) is 11.4 Å². The van der Waals surface area contributed by atoms with Crippen molar-refractivity contribution >= 4 is 23.2 Å². The molecule has 26 heavy (non-hydrogen) atoms. The molecule has 1 heterocycles. The Morgan fingerprint density at radius 3 is 2.54 bits per heavy atom. The van der Waals surface area contributed by atoms with Gasteiger partial charge in [0.2, 0.25) is 11.8 Å². The van der Waals surface area contributed by atoms with Crippen LogP contribution in [0.2, 0.25) is 0 Å². The Morgan fingerprint density at radius 2 is 1.88 bits per heavy atom. The van der Waals surface area contributed by atoms with Gasteiger partial charge in [-0.3, -0.25) is 9.59 Å². The van der Waals surface area contributed by atoms with E-state index in [1.165, 1.54) is 5.56 Å². The van der Waals surface area contributed by atoms with E-state index in [1.807, 2.05) is 43.3 Å². The number of carbonyl (C=O) groups is 2. The maximum absolute atomic E-state index is 12.6. The van der Waals surface area contributed by atoms with Gasteiger partial charge in [0.05, 0.1) is 5.92 Å². The van der Waals surface area contributed by atoms with Crippen LogP contribution in [0, 0.1) is 12.8 Å². The zero-order chi connectivity index (χ0) is 18.7. The van der Waals surface area contributed by atoms with Gasteiger partial charge in [0.1, 0.15) is 0 Å². The largest absolute Gasteiger partial charge is 0.326 e. The van der Waals surface area contributed by atoms with Crippen LogP contribution >= 0.6 is 0 Å². The van der Waals surface area contributed by atoms with Crippen LogP contribution in [0.25, 0.3) is 0 Å². The first-order chi connectivity index (χ1) is 12.5. The van der Waals surface area contributed by atoms with E-state index >= 15 is 0 Å². The molecule has 1 aliphatic heterocycles. The van der Waals surface area contributed by atoms with Crippen molar-refractivity contribution < 1.29 is 9.59 Å². The summed E-state index contributed by atoms with van der Waals surface area (Å²) in [5.74, 6) is 0.100. The number of para-hydroxylation sites is 1. The summed E-state index contributed by atoms with van der Waals surface area (Å²) >= 11 is 0. The highest BCUT2D eigenvalue weighted by molar-refractivity contribution is 6.03. The van der Waals surface area contributed by atoms with Gasteiger partial charge in [0, 0.05) is 24.3 Å². The van der Waals surface area contributed by atoms with Gasteiger partial charge in [-0.1, -0.05) is 44.2 Å². The van der Waals surface area contributed by atoms with Gasteiger partial charge in [-0.2, -0.15) is 0 Å². The van der Waals surface area contributed by atoms with E-state index in [0.29, 0.717) is 12.5 Å². The number of rotatable bonds is 5. The molecule has 1 aliphatic rings. The fraction of sp³-hybridized carbons (Fsp3) is 0.364. The zero-order valence-corrected chi connectivity index (χ0v) is 15.7. The van der Waals surface area contributed by atoms with Crippen LogP contribution in [0.15, 0.2) is 48.5 Å². The summed E-state index contributed by atoms with van der Waals surface area (Å²) < 4.78 is 0. The van der Waals surface area contributed by atoms with Crippen molar-refractivity contribution in [2.24, 2.45) is 5.92 Å². The molecule has 0 saturated carbocycles. The average molecular weight is 350 g/mol. The van der Waals surface area contributed by atoms with Crippen molar-refractivity contribution in [2.75, 3.05) is 16.8 Å². The quantitative estimate of drug-likeness (QED) is 0.863. The molecular formula is C22H26N2O2. The molecule has 0 aromatic heterocycles. The molecule has 2 amide bonds. The van der Waals surface area contributed by atoms with Crippen LogP contribution in [0.1, 0.15) is 43.7 Å². The van der Waals surface area contributed by atoms with Gasteiger partial charge in [-0.05, 0) is 48.6 Å². The second kappa shape index (κ2) is 7.73. The molecule has 1 N–H and O–H groups in total. The molecule has 2 aromatic rings. The fourth-order valence-electron chi connectivity index (χ4n) is 3.36. The van der Waals surface area contributed by atoms with Gasteiger partial charge in [0.25, 0.3) is 0 Å². The van der Waals surface area contributed by atoms with Crippen molar-refractivity contribution in [3.8, 4) is 0 Å². The minimum Gasteiger partial charge on any atom is -0.326 e. The molecular weight excluding hydrogens is 324 g/mol. The molecule has 4 heteroatoms. The average Bonchev–Trinajstić information content (AvgIpc) is 3.04. The van der Waals surface area contributed by atoms with Gasteiger partial charge >= 0.3 is 0 Å². The van der Waals surface area contributed by atoms with Crippen LogP contribution in [-0.4, -0.2) is 18.4 Å². The number of hydrogen-bond acceptors (Lipinski definition) is 2. The SMILES string of the molecule is CCC(C)c1ccc(NC(=O)C2CC(=O)N(c3ccccc3C)C2)cc1. The third kappa shape index (κ3) is 3.79. The number of amides is 2. The number of anilines is 2. The molecule has 0 radical (unpaired) electrons. The first-order valence-corrected chi connectivity index (χ1v) is 9.26. The van der Waals surface area contributed by atoms with E-state index in [0.717, 1.165) is 23.4 Å². The van der Waals surface area contributed by atoms with Crippen molar-refractivity contribution in [3.63, 3.8) is 0 Å². The molecule has 3 rings (SSSR count).